The quantitative estimate of drug-likeness (QED) is 0.710. The van der Waals surface area contributed by atoms with E-state index in [2.05, 4.69) is 36.5 Å². The van der Waals surface area contributed by atoms with Crippen molar-refractivity contribution in [3.63, 3.8) is 0 Å². The highest BCUT2D eigenvalue weighted by Crippen LogP contribution is 2.23. The van der Waals surface area contributed by atoms with Crippen LogP contribution in [0.25, 0.3) is 0 Å². The maximum absolute atomic E-state index is 9.26. The molecule has 0 aliphatic rings. The number of halogens is 1. The van der Waals surface area contributed by atoms with Crippen LogP contribution in [0.2, 0.25) is 0 Å². The molecule has 2 unspecified atom stereocenters. The highest BCUT2D eigenvalue weighted by molar-refractivity contribution is 9.10. The van der Waals surface area contributed by atoms with Crippen LogP contribution in [0.5, 0.6) is 0 Å². The van der Waals surface area contributed by atoms with E-state index in [9.17, 15) is 5.11 Å². The van der Waals surface area contributed by atoms with Crippen molar-refractivity contribution in [2.75, 3.05) is 30.0 Å². The second-order valence-corrected chi connectivity index (χ2v) is 5.74. The molecule has 0 bridgehead atoms. The molecule has 0 saturated carbocycles. The number of thioether (sulfide) groups is 1. The van der Waals surface area contributed by atoms with Crippen molar-refractivity contribution in [1.82, 2.24) is 9.97 Å². The number of hydrogen-bond acceptors (Lipinski definition) is 6. The van der Waals surface area contributed by atoms with Gasteiger partial charge in [-0.3, -0.25) is 0 Å². The Balaban J connectivity index is 2.79. The maximum Gasteiger partial charge on any atom is 0.224 e. The molecule has 102 valence electrons. The Hall–Kier alpha value is -0.530. The van der Waals surface area contributed by atoms with Crippen molar-refractivity contribution in [2.24, 2.45) is 0 Å². The van der Waals surface area contributed by atoms with Crippen molar-refractivity contribution in [3.05, 3.63) is 10.7 Å². The van der Waals surface area contributed by atoms with E-state index in [1.807, 2.05) is 20.1 Å². The molecule has 18 heavy (non-hydrogen) atoms. The Morgan fingerprint density at radius 1 is 1.56 bits per heavy atom. The fourth-order valence-corrected chi connectivity index (χ4v) is 2.39. The molecule has 5 nitrogen and oxygen atoms in total. The molecule has 0 radical (unpaired) electrons. The summed E-state index contributed by atoms with van der Waals surface area (Å²) in [6, 6.07) is 0.116. The van der Waals surface area contributed by atoms with Crippen LogP contribution >= 0.6 is 27.7 Å². The van der Waals surface area contributed by atoms with Gasteiger partial charge in [-0.15, -0.1) is 0 Å². The fraction of sp³-hybridized carbons (Fsp3) is 0.636. The third kappa shape index (κ3) is 4.29. The van der Waals surface area contributed by atoms with Crippen LogP contribution in [0.1, 0.15) is 13.8 Å². The lowest BCUT2D eigenvalue weighted by Crippen LogP contribution is -2.31. The van der Waals surface area contributed by atoms with E-state index >= 15 is 0 Å². The van der Waals surface area contributed by atoms with Crippen molar-refractivity contribution in [2.45, 2.75) is 25.1 Å². The average molecular weight is 335 g/mol. The van der Waals surface area contributed by atoms with Crippen LogP contribution in [0.15, 0.2) is 10.7 Å². The highest BCUT2D eigenvalue weighted by Gasteiger charge is 2.17. The zero-order valence-electron chi connectivity index (χ0n) is 10.8. The second kappa shape index (κ2) is 7.81. The normalized spacial score (nSPS) is 14.1. The third-order valence-electron chi connectivity index (χ3n) is 2.48. The van der Waals surface area contributed by atoms with Gasteiger partial charge in [0.2, 0.25) is 5.95 Å². The predicted molar refractivity (Wildman–Crippen MR) is 81.4 cm³/mol. The van der Waals surface area contributed by atoms with Crippen LogP contribution in [-0.2, 0) is 0 Å². The van der Waals surface area contributed by atoms with Crippen molar-refractivity contribution >= 4 is 39.5 Å². The Kier molecular flexibility index (Phi) is 6.73. The van der Waals surface area contributed by atoms with E-state index < -0.39 is 0 Å². The Morgan fingerprint density at radius 2 is 2.28 bits per heavy atom. The van der Waals surface area contributed by atoms with E-state index in [1.54, 1.807) is 18.0 Å². The minimum Gasteiger partial charge on any atom is -0.395 e. The highest BCUT2D eigenvalue weighted by atomic mass is 79.9. The molecule has 2 atom stereocenters. The predicted octanol–water partition coefficient (Wildman–Crippen LogP) is 2.20. The van der Waals surface area contributed by atoms with E-state index in [1.165, 1.54) is 0 Å². The Morgan fingerprint density at radius 3 is 2.83 bits per heavy atom. The van der Waals surface area contributed by atoms with E-state index in [4.69, 9.17) is 0 Å². The summed E-state index contributed by atoms with van der Waals surface area (Å²) >= 11 is 5.05. The SMILES string of the molecule is CCNc1ncc(Br)c(NC(C)C(CO)SC)n1. The van der Waals surface area contributed by atoms with Crippen molar-refractivity contribution in [3.8, 4) is 0 Å². The smallest absolute Gasteiger partial charge is 0.224 e. The summed E-state index contributed by atoms with van der Waals surface area (Å²) in [6.45, 7) is 4.94. The first-order valence-electron chi connectivity index (χ1n) is 5.79. The summed E-state index contributed by atoms with van der Waals surface area (Å²) in [5.74, 6) is 1.33. The zero-order chi connectivity index (χ0) is 13.5. The largest absolute Gasteiger partial charge is 0.395 e. The molecule has 0 aromatic carbocycles. The lowest BCUT2D eigenvalue weighted by Gasteiger charge is -2.22. The summed E-state index contributed by atoms with van der Waals surface area (Å²) < 4.78 is 0.814. The summed E-state index contributed by atoms with van der Waals surface area (Å²) in [7, 11) is 0. The number of nitrogens with one attached hydrogen (secondary N) is 2. The number of anilines is 2. The van der Waals surface area contributed by atoms with Gasteiger partial charge in [0.05, 0.1) is 11.1 Å². The van der Waals surface area contributed by atoms with Gasteiger partial charge in [0.15, 0.2) is 0 Å². The molecule has 1 aromatic rings. The number of aliphatic hydroxyl groups is 1. The van der Waals surface area contributed by atoms with E-state index in [-0.39, 0.29) is 17.9 Å². The Labute approximate surface area is 120 Å². The molecule has 7 heteroatoms. The molecule has 1 aromatic heterocycles. The number of rotatable bonds is 7. The standard InChI is InChI=1S/C11H19BrN4OS/c1-4-13-11-14-5-8(12)10(16-11)15-7(2)9(6-17)18-3/h5,7,9,17H,4,6H2,1-3H3,(H2,13,14,15,16). The lowest BCUT2D eigenvalue weighted by atomic mass is 10.2. The molecule has 0 spiro atoms. The molecule has 1 heterocycles. The number of aliphatic hydroxyl groups excluding tert-OH is 1. The van der Waals surface area contributed by atoms with Crippen molar-refractivity contribution < 1.29 is 5.11 Å². The van der Waals surface area contributed by atoms with Gasteiger partial charge in [0, 0.05) is 24.0 Å². The summed E-state index contributed by atoms with van der Waals surface area (Å²) in [6.07, 6.45) is 3.70. The number of hydrogen-bond donors (Lipinski definition) is 3. The van der Waals surface area contributed by atoms with Crippen LogP contribution in [0.3, 0.4) is 0 Å². The summed E-state index contributed by atoms with van der Waals surface area (Å²) in [5, 5.41) is 15.8. The minimum atomic E-state index is 0.116. The molecule has 0 amide bonds. The van der Waals surface area contributed by atoms with E-state index in [0.717, 1.165) is 16.8 Å². The van der Waals surface area contributed by atoms with Gasteiger partial charge in [0.25, 0.3) is 0 Å². The van der Waals surface area contributed by atoms with Crippen LogP contribution in [0.4, 0.5) is 11.8 Å². The molecular formula is C11H19BrN4OS. The second-order valence-electron chi connectivity index (χ2n) is 3.81. The van der Waals surface area contributed by atoms with Gasteiger partial charge >= 0.3 is 0 Å². The number of nitrogens with zero attached hydrogens (tertiary/aromatic N) is 2. The molecule has 0 fully saturated rings. The topological polar surface area (TPSA) is 70.1 Å². The first-order valence-corrected chi connectivity index (χ1v) is 7.87. The van der Waals surface area contributed by atoms with Gasteiger partial charge < -0.3 is 15.7 Å². The summed E-state index contributed by atoms with van der Waals surface area (Å²) in [5.41, 5.74) is 0. The van der Waals surface area contributed by atoms with E-state index in [0.29, 0.717) is 5.95 Å². The molecule has 1 rings (SSSR count). The van der Waals surface area contributed by atoms with Gasteiger partial charge in [-0.1, -0.05) is 0 Å². The third-order valence-corrected chi connectivity index (χ3v) is 4.23. The Bertz CT molecular complexity index is 376. The first kappa shape index (κ1) is 15.5. The molecule has 0 saturated heterocycles. The first-order chi connectivity index (χ1) is 8.62. The van der Waals surface area contributed by atoms with Crippen LogP contribution in [0, 0.1) is 0 Å². The molecular weight excluding hydrogens is 316 g/mol. The molecule has 3 N–H and O–H groups in total. The minimum absolute atomic E-state index is 0.116. The van der Waals surface area contributed by atoms with Gasteiger partial charge in [-0.2, -0.15) is 16.7 Å². The van der Waals surface area contributed by atoms with Gasteiger partial charge in [0.1, 0.15) is 5.82 Å². The summed E-state index contributed by atoms with van der Waals surface area (Å²) in [4.78, 5) is 8.54. The average Bonchev–Trinajstić information content (AvgIpc) is 2.35. The molecule has 0 aliphatic heterocycles. The zero-order valence-corrected chi connectivity index (χ0v) is 13.2. The fourth-order valence-electron chi connectivity index (χ4n) is 1.46. The van der Waals surface area contributed by atoms with Gasteiger partial charge in [-0.05, 0) is 36.0 Å². The lowest BCUT2D eigenvalue weighted by molar-refractivity contribution is 0.288. The van der Waals surface area contributed by atoms with Crippen LogP contribution in [-0.4, -0.2) is 45.8 Å². The van der Waals surface area contributed by atoms with Crippen molar-refractivity contribution in [1.29, 1.82) is 0 Å². The van der Waals surface area contributed by atoms with Crippen LogP contribution < -0.4 is 10.6 Å². The monoisotopic (exact) mass is 334 g/mol. The number of aromatic nitrogens is 2. The molecule has 0 aliphatic carbocycles. The van der Waals surface area contributed by atoms with Gasteiger partial charge in [-0.25, -0.2) is 4.98 Å². The maximum atomic E-state index is 9.26.